The lowest BCUT2D eigenvalue weighted by Gasteiger charge is -2.24. The second-order valence-corrected chi connectivity index (χ2v) is 4.79. The molecule has 98 valence electrons. The number of rotatable bonds is 5. The van der Waals surface area contributed by atoms with Crippen LogP contribution in [0.25, 0.3) is 0 Å². The molecule has 0 heterocycles. The van der Waals surface area contributed by atoms with Gasteiger partial charge in [-0.1, -0.05) is 43.4 Å². The van der Waals surface area contributed by atoms with Crippen LogP contribution in [0.1, 0.15) is 39.5 Å². The molecule has 0 aromatic carbocycles. The number of aliphatic carboxylic acids is 1. The summed E-state index contributed by atoms with van der Waals surface area (Å²) >= 11 is 0. The van der Waals surface area contributed by atoms with Crippen molar-refractivity contribution in [3.05, 3.63) is 47.6 Å². The summed E-state index contributed by atoms with van der Waals surface area (Å²) in [6.45, 7) is 8.08. The van der Waals surface area contributed by atoms with Crippen LogP contribution in [0.3, 0.4) is 0 Å². The van der Waals surface area contributed by atoms with Crippen LogP contribution in [0.4, 0.5) is 0 Å². The fraction of sp³-hybridized carbons (Fsp3) is 0.438. The lowest BCUT2D eigenvalue weighted by Crippen LogP contribution is -2.15. The largest absolute Gasteiger partial charge is 0.478 e. The van der Waals surface area contributed by atoms with Crippen LogP contribution < -0.4 is 0 Å². The molecule has 0 spiro atoms. The zero-order valence-electron chi connectivity index (χ0n) is 11.3. The van der Waals surface area contributed by atoms with E-state index in [4.69, 9.17) is 0 Å². The Kier molecular flexibility index (Phi) is 5.63. The van der Waals surface area contributed by atoms with E-state index in [0.29, 0.717) is 17.9 Å². The van der Waals surface area contributed by atoms with E-state index in [2.05, 4.69) is 19.6 Å². The van der Waals surface area contributed by atoms with Crippen LogP contribution in [-0.2, 0) is 4.79 Å². The molecule has 18 heavy (non-hydrogen) atoms. The molecule has 0 aromatic rings. The minimum atomic E-state index is -0.783. The van der Waals surface area contributed by atoms with E-state index in [1.54, 1.807) is 0 Å². The first-order chi connectivity index (χ1) is 8.56. The Balaban J connectivity index is 2.89. The molecule has 1 aliphatic carbocycles. The summed E-state index contributed by atoms with van der Waals surface area (Å²) in [5, 5.41) is 9.20. The minimum Gasteiger partial charge on any atom is -0.478 e. The van der Waals surface area contributed by atoms with E-state index in [1.807, 2.05) is 25.2 Å². The van der Waals surface area contributed by atoms with Crippen molar-refractivity contribution in [3.8, 4) is 0 Å². The Morgan fingerprint density at radius 3 is 2.78 bits per heavy atom. The highest BCUT2D eigenvalue weighted by molar-refractivity contribution is 5.88. The van der Waals surface area contributed by atoms with Gasteiger partial charge in [0.15, 0.2) is 0 Å². The van der Waals surface area contributed by atoms with Crippen molar-refractivity contribution >= 4 is 5.97 Å². The summed E-state index contributed by atoms with van der Waals surface area (Å²) < 4.78 is 0. The third-order valence-electron chi connectivity index (χ3n) is 3.33. The van der Waals surface area contributed by atoms with Crippen LogP contribution in [0.5, 0.6) is 0 Å². The third kappa shape index (κ3) is 4.02. The number of carboxylic acid groups (broad SMARTS) is 1. The lowest BCUT2D eigenvalue weighted by molar-refractivity contribution is -0.133. The van der Waals surface area contributed by atoms with Gasteiger partial charge in [-0.3, -0.25) is 0 Å². The number of carbonyl (C=O) groups is 1. The molecular formula is C16H22O2. The summed E-state index contributed by atoms with van der Waals surface area (Å²) in [6.07, 6.45) is 11.2. The van der Waals surface area contributed by atoms with Crippen LogP contribution in [0, 0.1) is 5.92 Å². The zero-order valence-corrected chi connectivity index (χ0v) is 11.3. The molecule has 0 radical (unpaired) electrons. The van der Waals surface area contributed by atoms with Crippen molar-refractivity contribution in [2.45, 2.75) is 39.5 Å². The van der Waals surface area contributed by atoms with Crippen molar-refractivity contribution in [1.29, 1.82) is 0 Å². The molecule has 1 unspecified atom stereocenters. The van der Waals surface area contributed by atoms with Crippen molar-refractivity contribution in [2.75, 3.05) is 0 Å². The van der Waals surface area contributed by atoms with Gasteiger partial charge in [-0.05, 0) is 44.1 Å². The Morgan fingerprint density at radius 2 is 2.22 bits per heavy atom. The highest BCUT2D eigenvalue weighted by Gasteiger charge is 2.23. The van der Waals surface area contributed by atoms with Crippen molar-refractivity contribution < 1.29 is 9.90 Å². The summed E-state index contributed by atoms with van der Waals surface area (Å²) in [7, 11) is 0. The predicted molar refractivity (Wildman–Crippen MR) is 75.4 cm³/mol. The van der Waals surface area contributed by atoms with Crippen LogP contribution in [-0.4, -0.2) is 11.1 Å². The SMILES string of the molecule is C=C(C)C1CCC(C(=O)O)=C(C=CC=CCC)C1. The fourth-order valence-corrected chi connectivity index (χ4v) is 2.19. The summed E-state index contributed by atoms with van der Waals surface area (Å²) in [4.78, 5) is 11.2. The van der Waals surface area contributed by atoms with E-state index >= 15 is 0 Å². The van der Waals surface area contributed by atoms with Gasteiger partial charge < -0.3 is 5.11 Å². The number of carboxylic acids is 1. The molecule has 0 saturated carbocycles. The molecule has 1 aliphatic rings. The van der Waals surface area contributed by atoms with Gasteiger partial charge in [-0.2, -0.15) is 0 Å². The van der Waals surface area contributed by atoms with E-state index in [0.717, 1.165) is 30.4 Å². The maximum Gasteiger partial charge on any atom is 0.331 e. The monoisotopic (exact) mass is 246 g/mol. The van der Waals surface area contributed by atoms with E-state index in [-0.39, 0.29) is 0 Å². The Hall–Kier alpha value is -1.57. The van der Waals surface area contributed by atoms with Crippen LogP contribution in [0.2, 0.25) is 0 Å². The third-order valence-corrected chi connectivity index (χ3v) is 3.33. The molecule has 2 heteroatoms. The molecule has 0 aromatic heterocycles. The first-order valence-electron chi connectivity index (χ1n) is 6.50. The number of hydrogen-bond acceptors (Lipinski definition) is 1. The highest BCUT2D eigenvalue weighted by atomic mass is 16.4. The van der Waals surface area contributed by atoms with Gasteiger partial charge in [-0.25, -0.2) is 4.79 Å². The average molecular weight is 246 g/mol. The average Bonchev–Trinajstić information content (AvgIpc) is 2.34. The van der Waals surface area contributed by atoms with Crippen molar-refractivity contribution in [1.82, 2.24) is 0 Å². The second kappa shape index (κ2) is 7.00. The van der Waals surface area contributed by atoms with Crippen LogP contribution >= 0.6 is 0 Å². The van der Waals surface area contributed by atoms with Gasteiger partial charge in [0.05, 0.1) is 0 Å². The molecule has 1 rings (SSSR count). The Labute approximate surface area is 109 Å². The molecule has 0 saturated heterocycles. The van der Waals surface area contributed by atoms with Gasteiger partial charge in [0, 0.05) is 5.57 Å². The smallest absolute Gasteiger partial charge is 0.331 e. The van der Waals surface area contributed by atoms with Gasteiger partial charge in [0.2, 0.25) is 0 Å². The van der Waals surface area contributed by atoms with Gasteiger partial charge in [0.25, 0.3) is 0 Å². The van der Waals surface area contributed by atoms with Crippen molar-refractivity contribution in [2.24, 2.45) is 5.92 Å². The Bertz CT molecular complexity index is 411. The first-order valence-corrected chi connectivity index (χ1v) is 6.50. The van der Waals surface area contributed by atoms with E-state index < -0.39 is 5.97 Å². The van der Waals surface area contributed by atoms with Crippen molar-refractivity contribution in [3.63, 3.8) is 0 Å². The summed E-state index contributed by atoms with van der Waals surface area (Å²) in [6, 6.07) is 0. The molecule has 0 bridgehead atoms. The zero-order chi connectivity index (χ0) is 13.5. The van der Waals surface area contributed by atoms with E-state index in [1.165, 1.54) is 0 Å². The summed E-state index contributed by atoms with van der Waals surface area (Å²) in [5.74, 6) is -0.364. The molecule has 0 aliphatic heterocycles. The normalized spacial score (nSPS) is 20.9. The topological polar surface area (TPSA) is 37.3 Å². The summed E-state index contributed by atoms with van der Waals surface area (Å²) in [5.41, 5.74) is 2.66. The quantitative estimate of drug-likeness (QED) is 0.581. The van der Waals surface area contributed by atoms with Gasteiger partial charge in [-0.15, -0.1) is 0 Å². The van der Waals surface area contributed by atoms with Gasteiger partial charge in [0.1, 0.15) is 0 Å². The maximum absolute atomic E-state index is 11.2. The first kappa shape index (κ1) is 14.5. The maximum atomic E-state index is 11.2. The molecular weight excluding hydrogens is 224 g/mol. The molecule has 0 fully saturated rings. The molecule has 1 atom stereocenters. The minimum absolute atomic E-state index is 0.419. The number of allylic oxidation sites excluding steroid dienone is 6. The predicted octanol–water partition coefficient (Wildman–Crippen LogP) is 4.27. The highest BCUT2D eigenvalue weighted by Crippen LogP contribution is 2.33. The molecule has 1 N–H and O–H groups in total. The Morgan fingerprint density at radius 1 is 1.50 bits per heavy atom. The number of hydrogen-bond donors (Lipinski definition) is 1. The van der Waals surface area contributed by atoms with Crippen LogP contribution in [0.15, 0.2) is 47.6 Å². The fourth-order valence-electron chi connectivity index (χ4n) is 2.19. The molecule has 0 amide bonds. The molecule has 2 nitrogen and oxygen atoms in total. The van der Waals surface area contributed by atoms with Gasteiger partial charge >= 0.3 is 5.97 Å². The second-order valence-electron chi connectivity index (χ2n) is 4.79. The van der Waals surface area contributed by atoms with E-state index in [9.17, 15) is 9.90 Å². The standard InChI is InChI=1S/C16H22O2/c1-4-5-6-7-8-14-11-13(12(2)3)9-10-15(14)16(17)18/h5-8,13H,2,4,9-11H2,1,3H3,(H,17,18). The lowest BCUT2D eigenvalue weighted by atomic mass is 9.80.